The molecule has 2 bridgehead atoms. The van der Waals surface area contributed by atoms with E-state index in [-0.39, 0.29) is 40.0 Å². The van der Waals surface area contributed by atoms with Gasteiger partial charge in [-0.05, 0) is 73.2 Å². The van der Waals surface area contributed by atoms with Crippen molar-refractivity contribution >= 4 is 46.5 Å². The van der Waals surface area contributed by atoms with Crippen LogP contribution in [0.15, 0.2) is 67.0 Å². The Kier molecular flexibility index (Phi) is 11.0. The van der Waals surface area contributed by atoms with Crippen LogP contribution in [0.4, 0.5) is 0 Å². The average Bonchev–Trinajstić information content (AvgIpc) is 3.53. The lowest BCUT2D eigenvalue weighted by Gasteiger charge is -2.44. The molecule has 49 heavy (non-hydrogen) atoms. The number of hydrogen-bond acceptors (Lipinski definition) is 10. The van der Waals surface area contributed by atoms with Crippen molar-refractivity contribution in [3.05, 3.63) is 109 Å². The molecule has 3 fully saturated rings. The highest BCUT2D eigenvalue weighted by Gasteiger charge is 2.38. The van der Waals surface area contributed by atoms with Crippen molar-refractivity contribution in [2.24, 2.45) is 5.92 Å². The lowest BCUT2D eigenvalue weighted by molar-refractivity contribution is -0.904. The van der Waals surface area contributed by atoms with Gasteiger partial charge in [0, 0.05) is 34.2 Å². The second-order valence-electron chi connectivity index (χ2n) is 12.3. The Bertz CT molecular complexity index is 1790. The molecule has 3 aliphatic heterocycles. The summed E-state index contributed by atoms with van der Waals surface area (Å²) >= 11 is 14.2. The zero-order valence-electron chi connectivity index (χ0n) is 27.1. The van der Waals surface area contributed by atoms with Crippen LogP contribution in [-0.4, -0.2) is 62.0 Å². The van der Waals surface area contributed by atoms with Crippen molar-refractivity contribution in [2.45, 2.75) is 43.9 Å². The zero-order valence-corrected chi connectivity index (χ0v) is 29.4. The van der Waals surface area contributed by atoms with Gasteiger partial charge in [0.2, 0.25) is 12.4 Å². The minimum Gasteiger partial charge on any atom is -0.544 e. The van der Waals surface area contributed by atoms with E-state index in [0.717, 1.165) is 54.1 Å². The molecule has 4 aromatic rings. The third-order valence-corrected chi connectivity index (χ3v) is 11.2. The van der Waals surface area contributed by atoms with E-state index in [0.29, 0.717) is 39.0 Å². The van der Waals surface area contributed by atoms with Gasteiger partial charge in [-0.25, -0.2) is 4.79 Å². The summed E-state index contributed by atoms with van der Waals surface area (Å²) < 4.78 is 17.9. The number of pyridine rings is 1. The molecule has 258 valence electrons. The van der Waals surface area contributed by atoms with E-state index in [1.54, 1.807) is 12.1 Å². The van der Waals surface area contributed by atoms with Gasteiger partial charge in [-0.3, -0.25) is 15.4 Å². The van der Waals surface area contributed by atoms with E-state index in [9.17, 15) is 19.9 Å². The number of rotatable bonds is 13. The fraction of sp³-hybridized carbons (Fsp3) is 0.361. The van der Waals surface area contributed by atoms with Crippen molar-refractivity contribution in [3.8, 4) is 11.5 Å². The topological polar surface area (TPSA) is 124 Å². The summed E-state index contributed by atoms with van der Waals surface area (Å²) in [6.45, 7) is 3.01. The van der Waals surface area contributed by atoms with Crippen LogP contribution >= 0.6 is 34.5 Å². The Morgan fingerprint density at radius 1 is 1.02 bits per heavy atom. The van der Waals surface area contributed by atoms with E-state index in [1.165, 1.54) is 26.6 Å². The number of carbonyl (C=O) groups is 2. The number of hydrogen-bond donors (Lipinski definition) is 2. The molecule has 0 spiro atoms. The van der Waals surface area contributed by atoms with Crippen LogP contribution < -0.4 is 24.6 Å². The molecule has 0 radical (unpaired) electrons. The van der Waals surface area contributed by atoms with Crippen LogP contribution in [0.1, 0.15) is 61.6 Å². The normalized spacial score (nSPS) is 19.6. The number of halogens is 2. The van der Waals surface area contributed by atoms with E-state index < -0.39 is 17.9 Å². The van der Waals surface area contributed by atoms with Gasteiger partial charge in [0.05, 0.1) is 25.1 Å². The van der Waals surface area contributed by atoms with Crippen LogP contribution in [0.2, 0.25) is 10.0 Å². The Morgan fingerprint density at radius 3 is 2.33 bits per heavy atom. The molecule has 10 nitrogen and oxygen atoms in total. The Morgan fingerprint density at radius 2 is 1.71 bits per heavy atom. The highest BCUT2D eigenvalue weighted by atomic mass is 35.5. The third kappa shape index (κ3) is 7.81. The van der Waals surface area contributed by atoms with E-state index >= 15 is 0 Å². The fourth-order valence-electron chi connectivity index (χ4n) is 6.83. The molecule has 1 unspecified atom stereocenters. The van der Waals surface area contributed by atoms with Crippen molar-refractivity contribution in [2.75, 3.05) is 33.9 Å². The molecule has 7 rings (SSSR count). The second-order valence-corrected chi connectivity index (χ2v) is 14.3. The van der Waals surface area contributed by atoms with Crippen LogP contribution in [0, 0.1) is 5.92 Å². The predicted octanol–water partition coefficient (Wildman–Crippen LogP) is 4.80. The first kappa shape index (κ1) is 35.0. The standard InChI is InChI=1S/C36H37Cl2N3O7S/c1-46-30-9-8-23(14-31(30)47-2)25(16-27-28(37)18-41(45)19-29(27)38)26-15-24(49-34(26)35(42)43)17-39-33(22-6-4-3-5-7-22)36(44)48-32-20-40-12-10-21(32)11-13-40/h3-9,14-15,18-19,21,25,32-33,39H,10-13,16-17,20H2,1-2H3,(H-,42,43,45)/t25-,32+,33?/m1/s1. The molecular weight excluding hydrogens is 689 g/mol. The molecule has 2 N–H and O–H groups in total. The predicted molar refractivity (Wildman–Crippen MR) is 183 cm³/mol. The Hall–Kier alpha value is -3.87. The van der Waals surface area contributed by atoms with Crippen LogP contribution in [0.25, 0.3) is 0 Å². The monoisotopic (exact) mass is 725 g/mol. The number of methoxy groups -OCH3 is 2. The van der Waals surface area contributed by atoms with Gasteiger partial charge in [-0.15, -0.1) is 11.3 Å². The molecule has 0 saturated carbocycles. The maximum Gasteiger partial charge on any atom is 0.328 e. The van der Waals surface area contributed by atoms with Crippen molar-refractivity contribution in [1.82, 2.24) is 10.2 Å². The number of nitrogens with one attached hydrogen (secondary N) is 1. The van der Waals surface area contributed by atoms with Crippen molar-refractivity contribution in [3.63, 3.8) is 0 Å². The average molecular weight is 727 g/mol. The molecule has 3 aliphatic rings. The first-order valence-electron chi connectivity index (χ1n) is 16.0. The van der Waals surface area contributed by atoms with E-state index in [1.807, 2.05) is 42.5 Å². The minimum absolute atomic E-state index is 0.0306. The number of ether oxygens (including phenoxy) is 3. The summed E-state index contributed by atoms with van der Waals surface area (Å²) in [5.74, 6) is -0.944. The number of carboxylic acid groups (broad SMARTS) is 1. The van der Waals surface area contributed by atoms with E-state index in [4.69, 9.17) is 37.4 Å². The zero-order chi connectivity index (χ0) is 34.7. The number of thiophene rings is 1. The van der Waals surface area contributed by atoms with Gasteiger partial charge in [-0.1, -0.05) is 59.6 Å². The first-order chi connectivity index (χ1) is 23.6. The lowest BCUT2D eigenvalue weighted by atomic mass is 9.85. The highest BCUT2D eigenvalue weighted by molar-refractivity contribution is 7.14. The molecule has 5 heterocycles. The fourth-order valence-corrected chi connectivity index (χ4v) is 8.44. The number of aromatic carboxylic acids is 1. The molecule has 3 saturated heterocycles. The second kappa shape index (κ2) is 15.3. The summed E-state index contributed by atoms with van der Waals surface area (Å²) in [5.41, 5.74) is 2.47. The van der Waals surface area contributed by atoms with Gasteiger partial charge >= 0.3 is 5.97 Å². The van der Waals surface area contributed by atoms with Gasteiger partial charge < -0.3 is 24.1 Å². The summed E-state index contributed by atoms with van der Waals surface area (Å²) in [5, 5.41) is 26.4. The molecule has 3 atom stereocenters. The Labute approximate surface area is 298 Å². The number of esters is 1. The van der Waals surface area contributed by atoms with Crippen LogP contribution in [0.3, 0.4) is 0 Å². The van der Waals surface area contributed by atoms with Crippen LogP contribution in [0.5, 0.6) is 11.5 Å². The lowest BCUT2D eigenvalue weighted by Crippen LogP contribution is -2.52. The number of benzene rings is 2. The SMILES string of the molecule is COc1ccc([C@@H](Cc2c(Cl)c[n+](O)cc2Cl)c2cc(CNC(C(=O)O[C@H]3CN4CCC3CC4)c3ccccc3)sc2C(=O)[O-])cc1OC. The number of carboxylic acids is 1. The van der Waals surface area contributed by atoms with Crippen LogP contribution in [-0.2, 0) is 22.5 Å². The van der Waals surface area contributed by atoms with Gasteiger partial charge in [0.25, 0.3) is 0 Å². The molecular formula is C36H37Cl2N3O7S. The summed E-state index contributed by atoms with van der Waals surface area (Å²) in [7, 11) is 3.05. The third-order valence-electron chi connectivity index (χ3n) is 9.37. The number of nitrogens with zero attached hydrogens (tertiary/aromatic N) is 2. The minimum atomic E-state index is -1.34. The first-order valence-corrected chi connectivity index (χ1v) is 17.6. The summed E-state index contributed by atoms with van der Waals surface area (Å²) in [6, 6.07) is 15.8. The quantitative estimate of drug-likeness (QED) is 0.114. The number of piperidine rings is 3. The number of aromatic nitrogens is 1. The molecule has 0 amide bonds. The number of carbonyl (C=O) groups excluding carboxylic acids is 2. The highest BCUT2D eigenvalue weighted by Crippen LogP contribution is 2.41. The maximum absolute atomic E-state index is 13.7. The van der Waals surface area contributed by atoms with E-state index in [2.05, 4.69) is 10.2 Å². The van der Waals surface area contributed by atoms with Gasteiger partial charge in [0.1, 0.15) is 22.2 Å². The molecule has 2 aromatic heterocycles. The maximum atomic E-state index is 13.7. The molecule has 2 aromatic carbocycles. The van der Waals surface area contributed by atoms with Gasteiger partial charge in [0.15, 0.2) is 11.5 Å². The summed E-state index contributed by atoms with van der Waals surface area (Å²) in [6.07, 6.45) is 4.71. The molecule has 13 heteroatoms. The van der Waals surface area contributed by atoms with Gasteiger partial charge in [-0.2, -0.15) is 0 Å². The van der Waals surface area contributed by atoms with Crippen molar-refractivity contribution < 1.29 is 38.8 Å². The Balaban J connectivity index is 1.33. The largest absolute Gasteiger partial charge is 0.544 e. The van der Waals surface area contributed by atoms with Crippen molar-refractivity contribution in [1.29, 1.82) is 0 Å². The molecule has 0 aliphatic carbocycles. The summed E-state index contributed by atoms with van der Waals surface area (Å²) in [4.78, 5) is 29.4. The smallest absolute Gasteiger partial charge is 0.328 e. The number of fused-ring (bicyclic) bond motifs is 3.